The summed E-state index contributed by atoms with van der Waals surface area (Å²) >= 11 is 0. The minimum atomic E-state index is -2.75. The van der Waals surface area contributed by atoms with Gasteiger partial charge in [0.2, 0.25) is 11.8 Å². The average Bonchev–Trinajstić information content (AvgIpc) is 2.73. The van der Waals surface area contributed by atoms with Gasteiger partial charge in [0.05, 0.1) is 8.22 Å². The Hall–Kier alpha value is -2.37. The first-order valence-electron chi connectivity index (χ1n) is 8.53. The number of benzene rings is 1. The SMILES string of the molecule is [2H]c1c([2H])c(N)c2c(c1[2H])C(=O)N([C@@]1([2H])CCC(=O)NC1=O)C2([2H])[2H]. The number of carbonyl (C=O) groups excluding carboxylic acids is 3. The normalized spacial score (nSPS) is 33.5. The van der Waals surface area contributed by atoms with Crippen LogP contribution in [0, 0.1) is 0 Å². The molecule has 1 fully saturated rings. The van der Waals surface area contributed by atoms with Crippen molar-refractivity contribution in [3.63, 3.8) is 0 Å². The van der Waals surface area contributed by atoms with Crippen molar-refractivity contribution in [2.24, 2.45) is 0 Å². The van der Waals surface area contributed by atoms with Crippen molar-refractivity contribution in [1.82, 2.24) is 10.2 Å². The molecular weight excluding hydrogens is 246 g/mol. The molecule has 1 saturated heterocycles. The molecule has 0 saturated carbocycles. The molecule has 98 valence electrons. The summed E-state index contributed by atoms with van der Waals surface area (Å²) in [5, 5.41) is 1.91. The van der Waals surface area contributed by atoms with Crippen LogP contribution in [-0.2, 0) is 16.1 Å². The largest absolute Gasteiger partial charge is 0.398 e. The predicted molar refractivity (Wildman–Crippen MR) is 66.9 cm³/mol. The van der Waals surface area contributed by atoms with Gasteiger partial charge in [0.25, 0.3) is 5.91 Å². The Morgan fingerprint density at radius 1 is 1.47 bits per heavy atom. The van der Waals surface area contributed by atoms with E-state index in [1.807, 2.05) is 5.32 Å². The van der Waals surface area contributed by atoms with Crippen LogP contribution < -0.4 is 11.1 Å². The van der Waals surface area contributed by atoms with Crippen LogP contribution in [0.4, 0.5) is 5.69 Å². The third-order valence-electron chi connectivity index (χ3n) is 2.92. The number of fused-ring (bicyclic) bond motifs is 1. The minimum Gasteiger partial charge on any atom is -0.398 e. The Kier molecular flexibility index (Phi) is 1.44. The molecule has 2 aliphatic heterocycles. The van der Waals surface area contributed by atoms with Crippen molar-refractivity contribution in [3.8, 4) is 0 Å². The summed E-state index contributed by atoms with van der Waals surface area (Å²) in [6.07, 6.45) is -0.687. The third kappa shape index (κ3) is 1.76. The first kappa shape index (κ1) is 6.70. The van der Waals surface area contributed by atoms with Gasteiger partial charge in [-0.25, -0.2) is 0 Å². The maximum absolute atomic E-state index is 12.8. The van der Waals surface area contributed by atoms with Crippen LogP contribution in [0.1, 0.15) is 37.0 Å². The van der Waals surface area contributed by atoms with Crippen molar-refractivity contribution >= 4 is 23.4 Å². The van der Waals surface area contributed by atoms with E-state index in [4.69, 9.17) is 14.0 Å². The monoisotopic (exact) mass is 265 g/mol. The van der Waals surface area contributed by atoms with Gasteiger partial charge in [0.1, 0.15) is 6.02 Å². The van der Waals surface area contributed by atoms with Crippen LogP contribution in [0.5, 0.6) is 0 Å². The summed E-state index contributed by atoms with van der Waals surface area (Å²) in [5.41, 5.74) is 4.17. The number of nitrogen functional groups attached to an aromatic ring is 1. The summed E-state index contributed by atoms with van der Waals surface area (Å²) in [6.45, 7) is -2.75. The van der Waals surface area contributed by atoms with Crippen molar-refractivity contribution in [2.45, 2.75) is 25.4 Å². The molecule has 0 aliphatic carbocycles. The number of hydrogen-bond donors (Lipinski definition) is 2. The second kappa shape index (κ2) is 4.08. The van der Waals surface area contributed by atoms with Crippen LogP contribution in [-0.4, -0.2) is 28.6 Å². The number of carbonyl (C=O) groups is 3. The van der Waals surface area contributed by atoms with Gasteiger partial charge in [-0.05, 0) is 18.5 Å². The quantitative estimate of drug-likeness (QED) is 0.553. The number of rotatable bonds is 1. The van der Waals surface area contributed by atoms with E-state index in [1.54, 1.807) is 0 Å². The highest BCUT2D eigenvalue weighted by Gasteiger charge is 2.39. The van der Waals surface area contributed by atoms with E-state index in [2.05, 4.69) is 0 Å². The molecule has 3 N–H and O–H groups in total. The van der Waals surface area contributed by atoms with Gasteiger partial charge in [-0.3, -0.25) is 19.7 Å². The van der Waals surface area contributed by atoms with E-state index in [-0.39, 0.29) is 6.42 Å². The summed E-state index contributed by atoms with van der Waals surface area (Å²) in [6, 6.07) is -4.37. The van der Waals surface area contributed by atoms with Crippen LogP contribution in [0.25, 0.3) is 0 Å². The van der Waals surface area contributed by atoms with E-state index < -0.39 is 71.6 Å². The van der Waals surface area contributed by atoms with Crippen molar-refractivity contribution in [2.75, 3.05) is 5.73 Å². The second-order valence-corrected chi connectivity index (χ2v) is 4.12. The Balaban J connectivity index is 2.25. The van der Waals surface area contributed by atoms with E-state index >= 15 is 0 Å². The molecule has 1 aromatic carbocycles. The molecule has 6 nitrogen and oxygen atoms in total. The standard InChI is InChI=1S/C13H13N3O3/c14-9-3-1-2-7-8(9)6-16(13(7)19)10-4-5-11(17)15-12(10)18/h1-3,10H,4-6,14H2,(H,15,17,18)/t10-/m0/s1/i1D,2D,3D,6D2,10D. The molecule has 0 aromatic heterocycles. The molecule has 0 radical (unpaired) electrons. The number of hydrogen-bond acceptors (Lipinski definition) is 4. The average molecular weight is 265 g/mol. The van der Waals surface area contributed by atoms with Gasteiger partial charge >= 0.3 is 0 Å². The van der Waals surface area contributed by atoms with Gasteiger partial charge < -0.3 is 10.6 Å². The summed E-state index contributed by atoms with van der Waals surface area (Å²) in [5.74, 6) is -2.94. The van der Waals surface area contributed by atoms with Crippen molar-refractivity contribution < 1.29 is 22.6 Å². The Morgan fingerprint density at radius 2 is 2.26 bits per heavy atom. The molecule has 3 amide bonds. The highest BCUT2D eigenvalue weighted by Crippen LogP contribution is 2.30. The van der Waals surface area contributed by atoms with Crippen LogP contribution >= 0.6 is 0 Å². The molecule has 6 heteroatoms. The number of nitrogens with two attached hydrogens (primary N) is 1. The second-order valence-electron chi connectivity index (χ2n) is 4.12. The minimum absolute atomic E-state index is 0.262. The first-order chi connectivity index (χ1) is 11.4. The summed E-state index contributed by atoms with van der Waals surface area (Å²) in [4.78, 5) is 36.6. The maximum Gasteiger partial charge on any atom is 0.255 e. The van der Waals surface area contributed by atoms with E-state index in [0.29, 0.717) is 4.90 Å². The maximum atomic E-state index is 12.8. The Bertz CT molecular complexity index is 858. The Morgan fingerprint density at radius 3 is 3.00 bits per heavy atom. The molecule has 3 rings (SSSR count). The number of nitrogens with one attached hydrogen (secondary N) is 1. The summed E-state index contributed by atoms with van der Waals surface area (Å²) < 4.78 is 48.1. The molecule has 0 unspecified atom stereocenters. The van der Waals surface area contributed by atoms with Crippen LogP contribution in [0.2, 0.25) is 0 Å². The highest BCUT2D eigenvalue weighted by atomic mass is 16.2. The van der Waals surface area contributed by atoms with Crippen LogP contribution in [0.3, 0.4) is 0 Å². The zero-order valence-corrected chi connectivity index (χ0v) is 9.66. The zero-order chi connectivity index (χ0) is 18.9. The number of amides is 3. The van der Waals surface area contributed by atoms with E-state index in [0.717, 1.165) is 0 Å². The van der Waals surface area contributed by atoms with Gasteiger partial charge in [0.15, 0.2) is 0 Å². The zero-order valence-electron chi connectivity index (χ0n) is 15.7. The molecule has 19 heavy (non-hydrogen) atoms. The predicted octanol–water partition coefficient (Wildman–Crippen LogP) is 0.0298. The highest BCUT2D eigenvalue weighted by molar-refractivity contribution is 6.06. The number of piperidine rings is 1. The topological polar surface area (TPSA) is 92.5 Å². The summed E-state index contributed by atoms with van der Waals surface area (Å²) in [7, 11) is 0. The molecule has 0 spiro atoms. The molecule has 1 aromatic rings. The molecule has 2 heterocycles. The van der Waals surface area contributed by atoms with Crippen molar-refractivity contribution in [3.05, 3.63) is 29.3 Å². The lowest BCUT2D eigenvalue weighted by atomic mass is 10.0. The first-order valence-corrected chi connectivity index (χ1v) is 5.53. The van der Waals surface area contributed by atoms with Crippen molar-refractivity contribution in [1.29, 1.82) is 0 Å². The lowest BCUT2D eigenvalue weighted by molar-refractivity contribution is -0.136. The third-order valence-corrected chi connectivity index (χ3v) is 2.92. The molecule has 0 bridgehead atoms. The number of imide groups is 1. The Labute approximate surface area is 118 Å². The molecule has 1 atom stereocenters. The smallest absolute Gasteiger partial charge is 0.255 e. The molecular formula is C13H13N3O3. The number of nitrogens with zero attached hydrogens (tertiary/aromatic N) is 1. The fourth-order valence-corrected chi connectivity index (χ4v) is 1.98. The lowest BCUT2D eigenvalue weighted by Gasteiger charge is -2.29. The van der Waals surface area contributed by atoms with Crippen LogP contribution in [0.15, 0.2) is 18.1 Å². The fraction of sp³-hybridized carbons (Fsp3) is 0.308. The number of anilines is 1. The lowest BCUT2D eigenvalue weighted by Crippen LogP contribution is -2.52. The van der Waals surface area contributed by atoms with Gasteiger partial charge in [-0.1, -0.05) is 6.04 Å². The van der Waals surface area contributed by atoms with E-state index in [9.17, 15) is 14.4 Å². The van der Waals surface area contributed by atoms with Gasteiger partial charge in [-0.15, -0.1) is 0 Å². The van der Waals surface area contributed by atoms with E-state index in [1.165, 1.54) is 0 Å². The fourth-order valence-electron chi connectivity index (χ4n) is 1.98. The van der Waals surface area contributed by atoms with Gasteiger partial charge in [-0.2, -0.15) is 0 Å². The molecule has 2 aliphatic rings. The van der Waals surface area contributed by atoms with Gasteiger partial charge in [0, 0.05) is 29.7 Å².